The van der Waals surface area contributed by atoms with Crippen molar-refractivity contribution in [1.82, 2.24) is 0 Å². The fourth-order valence-corrected chi connectivity index (χ4v) is 0.905. The van der Waals surface area contributed by atoms with Gasteiger partial charge in [-0.25, -0.2) is 4.79 Å². The smallest absolute Gasteiger partial charge is 0.211 e. The van der Waals surface area contributed by atoms with E-state index in [4.69, 9.17) is 5.26 Å². The van der Waals surface area contributed by atoms with Crippen molar-refractivity contribution in [2.24, 2.45) is 4.99 Å². The molecule has 3 heteroatoms. The highest BCUT2D eigenvalue weighted by molar-refractivity contribution is 5.59. The summed E-state index contributed by atoms with van der Waals surface area (Å²) in [5.74, 6) is 5.40. The second-order valence-electron chi connectivity index (χ2n) is 2.36. The van der Waals surface area contributed by atoms with Crippen LogP contribution in [0, 0.1) is 23.2 Å². The third-order valence-electron chi connectivity index (χ3n) is 1.46. The molecule has 0 aliphatic carbocycles. The maximum Gasteiger partial charge on any atom is 0.240 e. The van der Waals surface area contributed by atoms with Gasteiger partial charge in [0.15, 0.2) is 0 Å². The first-order valence-electron chi connectivity index (χ1n) is 3.91. The first-order valence-corrected chi connectivity index (χ1v) is 3.91. The zero-order valence-corrected chi connectivity index (χ0v) is 7.32. The third-order valence-corrected chi connectivity index (χ3v) is 1.46. The molecule has 0 heterocycles. The van der Waals surface area contributed by atoms with E-state index >= 15 is 0 Å². The summed E-state index contributed by atoms with van der Waals surface area (Å²) in [5, 5.41) is 8.28. The summed E-state index contributed by atoms with van der Waals surface area (Å²) >= 11 is 0. The molecule has 0 fully saturated rings. The Balaban J connectivity index is 3.04. The SMILES string of the molecule is N#CCC#Cc1ccccc1N=C=O. The number of benzene rings is 1. The highest BCUT2D eigenvalue weighted by Gasteiger charge is 1.94. The standard InChI is InChI=1S/C11H6N2O/c12-8-4-3-6-10-5-1-2-7-11(10)13-9-14/h1-2,5,7H,4H2. The maximum absolute atomic E-state index is 10.1. The summed E-state index contributed by atoms with van der Waals surface area (Å²) in [5.41, 5.74) is 1.11. The van der Waals surface area contributed by atoms with Gasteiger partial charge in [-0.05, 0) is 12.1 Å². The van der Waals surface area contributed by atoms with E-state index in [1.54, 1.807) is 24.3 Å². The van der Waals surface area contributed by atoms with E-state index in [1.807, 2.05) is 6.07 Å². The molecule has 1 aromatic rings. The summed E-state index contributed by atoms with van der Waals surface area (Å²) in [6, 6.07) is 8.86. The molecule has 0 unspecified atom stereocenters. The molecule has 66 valence electrons. The van der Waals surface area contributed by atoms with Crippen LogP contribution >= 0.6 is 0 Å². The molecule has 0 spiro atoms. The lowest BCUT2D eigenvalue weighted by Crippen LogP contribution is -1.74. The van der Waals surface area contributed by atoms with Gasteiger partial charge in [-0.15, -0.1) is 0 Å². The lowest BCUT2D eigenvalue weighted by Gasteiger charge is -1.93. The number of para-hydroxylation sites is 1. The first-order chi connectivity index (χ1) is 6.88. The van der Waals surface area contributed by atoms with Crippen molar-refractivity contribution in [3.05, 3.63) is 29.8 Å². The molecule has 1 rings (SSSR count). The molecule has 0 aliphatic rings. The minimum absolute atomic E-state index is 0.166. The molecular formula is C11H6N2O. The normalized spacial score (nSPS) is 7.64. The molecule has 0 amide bonds. The number of carbonyl (C=O) groups excluding carboxylic acids is 1. The van der Waals surface area contributed by atoms with E-state index in [2.05, 4.69) is 16.8 Å². The number of hydrogen-bond acceptors (Lipinski definition) is 3. The number of rotatable bonds is 1. The van der Waals surface area contributed by atoms with Crippen LogP contribution in [0.2, 0.25) is 0 Å². The van der Waals surface area contributed by atoms with Crippen LogP contribution in [0.5, 0.6) is 0 Å². The quantitative estimate of drug-likeness (QED) is 0.378. The van der Waals surface area contributed by atoms with Gasteiger partial charge in [0.25, 0.3) is 0 Å². The number of hydrogen-bond donors (Lipinski definition) is 0. The number of nitriles is 1. The Kier molecular flexibility index (Phi) is 3.70. The van der Waals surface area contributed by atoms with E-state index in [0.29, 0.717) is 11.3 Å². The summed E-state index contributed by atoms with van der Waals surface area (Å²) in [7, 11) is 0. The van der Waals surface area contributed by atoms with Crippen molar-refractivity contribution >= 4 is 11.8 Å². The van der Waals surface area contributed by atoms with Crippen LogP contribution in [0.3, 0.4) is 0 Å². The zero-order chi connectivity index (χ0) is 10.2. The predicted octanol–water partition coefficient (Wildman–Crippen LogP) is 1.92. The van der Waals surface area contributed by atoms with Gasteiger partial charge < -0.3 is 0 Å². The molecule has 14 heavy (non-hydrogen) atoms. The average molecular weight is 182 g/mol. The lowest BCUT2D eigenvalue weighted by molar-refractivity contribution is 0.565. The summed E-state index contributed by atoms with van der Waals surface area (Å²) in [4.78, 5) is 13.6. The van der Waals surface area contributed by atoms with E-state index in [1.165, 1.54) is 6.08 Å². The van der Waals surface area contributed by atoms with Crippen molar-refractivity contribution in [1.29, 1.82) is 5.26 Å². The van der Waals surface area contributed by atoms with Gasteiger partial charge in [-0.2, -0.15) is 10.3 Å². The topological polar surface area (TPSA) is 53.2 Å². The Hall–Kier alpha value is -2.35. The number of nitrogens with zero attached hydrogens (tertiary/aromatic N) is 2. The van der Waals surface area contributed by atoms with Gasteiger partial charge in [0, 0.05) is 0 Å². The molecule has 0 saturated heterocycles. The summed E-state index contributed by atoms with van der Waals surface area (Å²) < 4.78 is 0. The predicted molar refractivity (Wildman–Crippen MR) is 51.3 cm³/mol. The van der Waals surface area contributed by atoms with E-state index < -0.39 is 0 Å². The first kappa shape index (κ1) is 9.74. The monoisotopic (exact) mass is 182 g/mol. The highest BCUT2D eigenvalue weighted by atomic mass is 16.1. The molecule has 0 saturated carbocycles. The number of aliphatic imine (C=N–C) groups is 1. The summed E-state index contributed by atoms with van der Waals surface area (Å²) in [6.07, 6.45) is 1.62. The van der Waals surface area contributed by atoms with Crippen LogP contribution in [0.4, 0.5) is 5.69 Å². The van der Waals surface area contributed by atoms with Gasteiger partial charge >= 0.3 is 0 Å². The van der Waals surface area contributed by atoms with Crippen LogP contribution in [-0.2, 0) is 4.79 Å². The van der Waals surface area contributed by atoms with Crippen LogP contribution in [0.25, 0.3) is 0 Å². The van der Waals surface area contributed by atoms with Gasteiger partial charge in [0.1, 0.15) is 0 Å². The van der Waals surface area contributed by atoms with Crippen molar-refractivity contribution in [3.8, 4) is 17.9 Å². The van der Waals surface area contributed by atoms with Crippen molar-refractivity contribution < 1.29 is 4.79 Å². The van der Waals surface area contributed by atoms with E-state index in [9.17, 15) is 4.79 Å². The molecule has 0 bridgehead atoms. The van der Waals surface area contributed by atoms with Crippen LogP contribution in [0.15, 0.2) is 29.3 Å². The number of isocyanates is 1. The molecule has 1 aromatic carbocycles. The summed E-state index contributed by atoms with van der Waals surface area (Å²) in [6.45, 7) is 0. The minimum Gasteiger partial charge on any atom is -0.211 e. The van der Waals surface area contributed by atoms with Gasteiger partial charge in [-0.1, -0.05) is 24.0 Å². The van der Waals surface area contributed by atoms with Crippen molar-refractivity contribution in [2.45, 2.75) is 6.42 Å². The zero-order valence-electron chi connectivity index (χ0n) is 7.32. The maximum atomic E-state index is 10.1. The van der Waals surface area contributed by atoms with E-state index in [0.717, 1.165) is 0 Å². The van der Waals surface area contributed by atoms with Crippen molar-refractivity contribution in [3.63, 3.8) is 0 Å². The minimum atomic E-state index is 0.166. The lowest BCUT2D eigenvalue weighted by atomic mass is 10.2. The van der Waals surface area contributed by atoms with Gasteiger partial charge in [0.2, 0.25) is 6.08 Å². The Labute approximate surface area is 81.7 Å². The van der Waals surface area contributed by atoms with Crippen LogP contribution < -0.4 is 0 Å². The van der Waals surface area contributed by atoms with Crippen LogP contribution in [0.1, 0.15) is 12.0 Å². The Morgan fingerprint density at radius 1 is 1.36 bits per heavy atom. The fraction of sp³-hybridized carbons (Fsp3) is 0.0909. The fourth-order valence-electron chi connectivity index (χ4n) is 0.905. The van der Waals surface area contributed by atoms with E-state index in [-0.39, 0.29) is 6.42 Å². The third kappa shape index (κ3) is 2.60. The second kappa shape index (κ2) is 5.32. The Morgan fingerprint density at radius 3 is 2.86 bits per heavy atom. The molecule has 0 N–H and O–H groups in total. The largest absolute Gasteiger partial charge is 0.240 e. The van der Waals surface area contributed by atoms with Crippen molar-refractivity contribution in [2.75, 3.05) is 0 Å². The molecule has 0 radical (unpaired) electrons. The molecule has 0 aliphatic heterocycles. The Bertz CT molecular complexity index is 468. The molecule has 3 nitrogen and oxygen atoms in total. The van der Waals surface area contributed by atoms with Crippen LogP contribution in [-0.4, -0.2) is 6.08 Å². The Morgan fingerprint density at radius 2 is 2.14 bits per heavy atom. The highest BCUT2D eigenvalue weighted by Crippen LogP contribution is 2.16. The second-order valence-corrected chi connectivity index (χ2v) is 2.36. The molecule has 0 atom stereocenters. The van der Waals surface area contributed by atoms with Gasteiger partial charge in [0.05, 0.1) is 23.7 Å². The molecule has 0 aromatic heterocycles. The average Bonchev–Trinajstić information content (AvgIpc) is 2.21. The molecular weight excluding hydrogens is 176 g/mol. The van der Waals surface area contributed by atoms with Gasteiger partial charge in [-0.3, -0.25) is 0 Å².